The minimum Gasteiger partial charge on any atom is -0.341 e. The molecule has 88 valence electrons. The standard InChI is InChI=1S/C15H17NO/c1-10-9-16-13-11(7-8-15(16,2)3)5-4-6-12(13)14(10)17/h4-6,9H,7-8H2,1-3H3. The van der Waals surface area contributed by atoms with E-state index in [4.69, 9.17) is 0 Å². The number of nitrogens with zero attached hydrogens (tertiary/aromatic N) is 1. The zero-order valence-electron chi connectivity index (χ0n) is 10.6. The molecule has 1 aromatic heterocycles. The summed E-state index contributed by atoms with van der Waals surface area (Å²) in [6.45, 7) is 6.39. The predicted octanol–water partition coefficient (Wildman–Crippen LogP) is 2.99. The average Bonchev–Trinajstić information content (AvgIpc) is 2.30. The second kappa shape index (κ2) is 3.22. The van der Waals surface area contributed by atoms with Gasteiger partial charge in [0.1, 0.15) is 0 Å². The summed E-state index contributed by atoms with van der Waals surface area (Å²) >= 11 is 0. The van der Waals surface area contributed by atoms with Crippen LogP contribution >= 0.6 is 0 Å². The lowest BCUT2D eigenvalue weighted by Crippen LogP contribution is -2.33. The SMILES string of the molecule is Cc1cn2c3c(cccc3c1=O)CCC2(C)C. The number of aromatic nitrogens is 1. The van der Waals surface area contributed by atoms with E-state index in [1.165, 1.54) is 5.56 Å². The van der Waals surface area contributed by atoms with Crippen LogP contribution in [0.3, 0.4) is 0 Å². The first-order valence-electron chi connectivity index (χ1n) is 6.15. The molecular weight excluding hydrogens is 210 g/mol. The van der Waals surface area contributed by atoms with Crippen molar-refractivity contribution in [2.24, 2.45) is 0 Å². The maximum absolute atomic E-state index is 12.2. The molecule has 0 radical (unpaired) electrons. The molecular formula is C15H17NO. The first-order valence-corrected chi connectivity index (χ1v) is 6.15. The third kappa shape index (κ3) is 1.36. The molecule has 2 heterocycles. The molecule has 1 aromatic carbocycles. The van der Waals surface area contributed by atoms with Crippen molar-refractivity contribution in [1.82, 2.24) is 4.57 Å². The lowest BCUT2D eigenvalue weighted by atomic mass is 9.88. The number of aryl methyl sites for hydroxylation is 2. The molecule has 0 bridgehead atoms. The number of rotatable bonds is 0. The summed E-state index contributed by atoms with van der Waals surface area (Å²) in [5, 5.41) is 0.871. The van der Waals surface area contributed by atoms with Crippen LogP contribution in [0.25, 0.3) is 10.9 Å². The van der Waals surface area contributed by atoms with Gasteiger partial charge >= 0.3 is 0 Å². The van der Waals surface area contributed by atoms with Gasteiger partial charge in [0.2, 0.25) is 0 Å². The molecule has 3 rings (SSSR count). The predicted molar refractivity (Wildman–Crippen MR) is 70.6 cm³/mol. The molecule has 0 saturated carbocycles. The molecule has 0 atom stereocenters. The van der Waals surface area contributed by atoms with E-state index in [2.05, 4.69) is 24.5 Å². The lowest BCUT2D eigenvalue weighted by Gasteiger charge is -2.35. The summed E-state index contributed by atoms with van der Waals surface area (Å²) in [5.41, 5.74) is 3.56. The van der Waals surface area contributed by atoms with Crippen molar-refractivity contribution in [3.05, 3.63) is 45.7 Å². The molecule has 0 unspecified atom stereocenters. The Balaban J connectivity index is 2.57. The fourth-order valence-electron chi connectivity index (χ4n) is 2.83. The normalized spacial score (nSPS) is 17.4. The smallest absolute Gasteiger partial charge is 0.192 e. The van der Waals surface area contributed by atoms with Crippen LogP contribution in [0.5, 0.6) is 0 Å². The van der Waals surface area contributed by atoms with Gasteiger partial charge in [-0.1, -0.05) is 12.1 Å². The molecule has 0 aliphatic carbocycles. The molecule has 0 fully saturated rings. The van der Waals surface area contributed by atoms with Crippen LogP contribution in [0.4, 0.5) is 0 Å². The zero-order valence-corrected chi connectivity index (χ0v) is 10.6. The number of para-hydroxylation sites is 1. The van der Waals surface area contributed by atoms with Crippen molar-refractivity contribution in [2.45, 2.75) is 39.2 Å². The van der Waals surface area contributed by atoms with E-state index in [-0.39, 0.29) is 11.0 Å². The van der Waals surface area contributed by atoms with Crippen LogP contribution in [-0.4, -0.2) is 4.57 Å². The first kappa shape index (κ1) is 10.6. The van der Waals surface area contributed by atoms with Crippen molar-refractivity contribution in [1.29, 1.82) is 0 Å². The fraction of sp³-hybridized carbons (Fsp3) is 0.400. The van der Waals surface area contributed by atoms with E-state index in [9.17, 15) is 4.79 Å². The molecule has 2 nitrogen and oxygen atoms in total. The first-order chi connectivity index (χ1) is 8.00. The Morgan fingerprint density at radius 1 is 1.29 bits per heavy atom. The van der Waals surface area contributed by atoms with Crippen molar-refractivity contribution in [3.63, 3.8) is 0 Å². The number of hydrogen-bond donors (Lipinski definition) is 0. The Morgan fingerprint density at radius 3 is 2.82 bits per heavy atom. The summed E-state index contributed by atoms with van der Waals surface area (Å²) in [7, 11) is 0. The van der Waals surface area contributed by atoms with Gasteiger partial charge in [-0.2, -0.15) is 0 Å². The van der Waals surface area contributed by atoms with Crippen LogP contribution in [0.15, 0.2) is 29.2 Å². The molecule has 2 heteroatoms. The molecule has 0 N–H and O–H groups in total. The maximum atomic E-state index is 12.2. The molecule has 0 spiro atoms. The Hall–Kier alpha value is -1.57. The highest BCUT2D eigenvalue weighted by Crippen LogP contribution is 2.33. The monoisotopic (exact) mass is 227 g/mol. The second-order valence-electron chi connectivity index (χ2n) is 5.64. The highest BCUT2D eigenvalue weighted by molar-refractivity contribution is 5.83. The summed E-state index contributed by atoms with van der Waals surface area (Å²) < 4.78 is 2.29. The summed E-state index contributed by atoms with van der Waals surface area (Å²) in [4.78, 5) is 12.2. The van der Waals surface area contributed by atoms with Gasteiger partial charge in [-0.25, -0.2) is 0 Å². The van der Waals surface area contributed by atoms with Gasteiger partial charge in [-0.05, 0) is 45.2 Å². The minimum absolute atomic E-state index is 0.102. The topological polar surface area (TPSA) is 22.0 Å². The third-order valence-corrected chi connectivity index (χ3v) is 3.94. The number of benzene rings is 1. The van der Waals surface area contributed by atoms with Crippen molar-refractivity contribution in [2.75, 3.05) is 0 Å². The molecule has 1 aliphatic heterocycles. The van der Waals surface area contributed by atoms with Crippen LogP contribution in [-0.2, 0) is 12.0 Å². The minimum atomic E-state index is 0.102. The Kier molecular flexibility index (Phi) is 2.00. The van der Waals surface area contributed by atoms with E-state index in [0.717, 1.165) is 29.3 Å². The molecule has 1 aliphatic rings. The Bertz CT molecular complexity index is 664. The van der Waals surface area contributed by atoms with E-state index < -0.39 is 0 Å². The third-order valence-electron chi connectivity index (χ3n) is 3.94. The van der Waals surface area contributed by atoms with Crippen molar-refractivity contribution >= 4 is 10.9 Å². The largest absolute Gasteiger partial charge is 0.341 e. The average molecular weight is 227 g/mol. The highest BCUT2D eigenvalue weighted by Gasteiger charge is 2.27. The van der Waals surface area contributed by atoms with Gasteiger partial charge in [-0.15, -0.1) is 0 Å². The van der Waals surface area contributed by atoms with E-state index >= 15 is 0 Å². The van der Waals surface area contributed by atoms with Gasteiger partial charge in [0.25, 0.3) is 0 Å². The lowest BCUT2D eigenvalue weighted by molar-refractivity contribution is 0.324. The fourth-order valence-corrected chi connectivity index (χ4v) is 2.83. The van der Waals surface area contributed by atoms with Crippen LogP contribution in [0, 0.1) is 6.92 Å². The second-order valence-corrected chi connectivity index (χ2v) is 5.64. The quantitative estimate of drug-likeness (QED) is 0.678. The van der Waals surface area contributed by atoms with Crippen LogP contribution in [0.1, 0.15) is 31.4 Å². The number of hydrogen-bond acceptors (Lipinski definition) is 1. The molecule has 17 heavy (non-hydrogen) atoms. The molecule has 2 aromatic rings. The van der Waals surface area contributed by atoms with Crippen molar-refractivity contribution in [3.8, 4) is 0 Å². The van der Waals surface area contributed by atoms with Gasteiger partial charge in [-0.3, -0.25) is 4.79 Å². The zero-order chi connectivity index (χ0) is 12.2. The van der Waals surface area contributed by atoms with Crippen LogP contribution in [0.2, 0.25) is 0 Å². The summed E-state index contributed by atoms with van der Waals surface area (Å²) in [5.74, 6) is 0. The summed E-state index contributed by atoms with van der Waals surface area (Å²) in [6.07, 6.45) is 4.21. The van der Waals surface area contributed by atoms with Crippen LogP contribution < -0.4 is 5.43 Å². The van der Waals surface area contributed by atoms with Gasteiger partial charge in [0.15, 0.2) is 5.43 Å². The Morgan fingerprint density at radius 2 is 2.06 bits per heavy atom. The Labute approximate surface area is 101 Å². The van der Waals surface area contributed by atoms with Crippen molar-refractivity contribution < 1.29 is 0 Å². The maximum Gasteiger partial charge on any atom is 0.192 e. The molecule has 0 saturated heterocycles. The van der Waals surface area contributed by atoms with E-state index in [0.29, 0.717) is 0 Å². The summed E-state index contributed by atoms with van der Waals surface area (Å²) in [6, 6.07) is 6.09. The highest BCUT2D eigenvalue weighted by atomic mass is 16.1. The van der Waals surface area contributed by atoms with E-state index in [1.807, 2.05) is 25.3 Å². The van der Waals surface area contributed by atoms with Gasteiger partial charge in [0, 0.05) is 22.7 Å². The molecule has 0 amide bonds. The number of pyridine rings is 1. The van der Waals surface area contributed by atoms with Gasteiger partial charge in [0.05, 0.1) is 5.52 Å². The van der Waals surface area contributed by atoms with Gasteiger partial charge < -0.3 is 4.57 Å². The van der Waals surface area contributed by atoms with E-state index in [1.54, 1.807) is 0 Å².